The molecule has 3 heteroatoms. The molecule has 0 aromatic rings. The molecule has 0 saturated heterocycles. The number of methoxy groups -OCH3 is 1. The van der Waals surface area contributed by atoms with E-state index in [0.29, 0.717) is 19.1 Å². The molecule has 2 aliphatic rings. The Bertz CT molecular complexity index is 257. The van der Waals surface area contributed by atoms with Crippen molar-refractivity contribution in [3.05, 3.63) is 0 Å². The summed E-state index contributed by atoms with van der Waals surface area (Å²) in [6.45, 7) is 3.34. The summed E-state index contributed by atoms with van der Waals surface area (Å²) in [6.07, 6.45) is 6.77. The van der Waals surface area contributed by atoms with E-state index >= 15 is 0 Å². The minimum Gasteiger partial charge on any atom is -0.387 e. The Morgan fingerprint density at radius 3 is 2.29 bits per heavy atom. The van der Waals surface area contributed by atoms with E-state index in [1.807, 2.05) is 0 Å². The first-order valence-corrected chi connectivity index (χ1v) is 6.99. The van der Waals surface area contributed by atoms with E-state index in [1.165, 1.54) is 12.8 Å². The summed E-state index contributed by atoms with van der Waals surface area (Å²) in [5.41, 5.74) is 5.27. The molecule has 1 unspecified atom stereocenters. The van der Waals surface area contributed by atoms with E-state index in [0.717, 1.165) is 31.6 Å². The second kappa shape index (κ2) is 4.87. The maximum Gasteiger partial charge on any atom is 0.0975 e. The fourth-order valence-electron chi connectivity index (χ4n) is 3.61. The predicted molar refractivity (Wildman–Crippen MR) is 68.7 cm³/mol. The first kappa shape index (κ1) is 13.3. The van der Waals surface area contributed by atoms with Crippen molar-refractivity contribution in [2.75, 3.05) is 20.3 Å². The van der Waals surface area contributed by atoms with Crippen LogP contribution in [0.1, 0.15) is 45.4 Å². The minimum absolute atomic E-state index is 0.101. The normalized spacial score (nSPS) is 37.8. The van der Waals surface area contributed by atoms with Crippen molar-refractivity contribution >= 4 is 0 Å². The van der Waals surface area contributed by atoms with Crippen molar-refractivity contribution in [2.24, 2.45) is 23.0 Å². The zero-order chi connectivity index (χ0) is 12.5. The van der Waals surface area contributed by atoms with Crippen molar-refractivity contribution in [1.82, 2.24) is 0 Å². The van der Waals surface area contributed by atoms with E-state index in [9.17, 15) is 5.11 Å². The van der Waals surface area contributed by atoms with Crippen LogP contribution in [-0.4, -0.2) is 31.0 Å². The summed E-state index contributed by atoms with van der Waals surface area (Å²) in [6, 6.07) is 0. The van der Waals surface area contributed by atoms with Crippen LogP contribution < -0.4 is 5.73 Å². The highest BCUT2D eigenvalue weighted by molar-refractivity contribution is 5.08. The van der Waals surface area contributed by atoms with Gasteiger partial charge in [0.1, 0.15) is 0 Å². The highest BCUT2D eigenvalue weighted by Crippen LogP contribution is 2.55. The van der Waals surface area contributed by atoms with E-state index in [1.54, 1.807) is 7.11 Å². The fraction of sp³-hybridized carbons (Fsp3) is 1.00. The SMILES string of the molecule is COCC(O)(C1CC1)C1(CN)CCC(C)CC1. The number of rotatable bonds is 5. The van der Waals surface area contributed by atoms with Gasteiger partial charge in [-0.2, -0.15) is 0 Å². The lowest BCUT2D eigenvalue weighted by molar-refractivity contribution is -0.153. The van der Waals surface area contributed by atoms with Crippen LogP contribution in [0.4, 0.5) is 0 Å². The fourth-order valence-corrected chi connectivity index (χ4v) is 3.61. The first-order chi connectivity index (χ1) is 8.08. The molecule has 100 valence electrons. The van der Waals surface area contributed by atoms with Gasteiger partial charge in [0.25, 0.3) is 0 Å². The quantitative estimate of drug-likeness (QED) is 0.773. The summed E-state index contributed by atoms with van der Waals surface area (Å²) in [5, 5.41) is 11.1. The molecule has 0 aliphatic heterocycles. The molecule has 0 spiro atoms. The monoisotopic (exact) mass is 241 g/mol. The third-order valence-corrected chi connectivity index (χ3v) is 5.16. The molecule has 3 nitrogen and oxygen atoms in total. The van der Waals surface area contributed by atoms with Gasteiger partial charge in [-0.15, -0.1) is 0 Å². The van der Waals surface area contributed by atoms with Gasteiger partial charge in [-0.05, 0) is 37.5 Å². The maximum absolute atomic E-state index is 11.1. The maximum atomic E-state index is 11.1. The lowest BCUT2D eigenvalue weighted by atomic mass is 9.60. The van der Waals surface area contributed by atoms with Gasteiger partial charge in [-0.1, -0.05) is 19.8 Å². The molecule has 0 amide bonds. The van der Waals surface area contributed by atoms with E-state index in [-0.39, 0.29) is 5.41 Å². The second-order valence-electron chi connectivity index (χ2n) is 6.30. The summed E-state index contributed by atoms with van der Waals surface area (Å²) < 4.78 is 5.31. The highest BCUT2D eigenvalue weighted by atomic mass is 16.5. The average molecular weight is 241 g/mol. The summed E-state index contributed by atoms with van der Waals surface area (Å²) in [7, 11) is 1.68. The molecule has 1 atom stereocenters. The van der Waals surface area contributed by atoms with Crippen LogP contribution in [-0.2, 0) is 4.74 Å². The van der Waals surface area contributed by atoms with Crippen LogP contribution in [0.25, 0.3) is 0 Å². The lowest BCUT2D eigenvalue weighted by Gasteiger charge is -2.50. The Hall–Kier alpha value is -0.120. The van der Waals surface area contributed by atoms with E-state index < -0.39 is 5.60 Å². The standard InChI is InChI=1S/C14H27NO2/c1-11-5-7-13(9-15,8-6-11)14(16,10-17-2)12-3-4-12/h11-12,16H,3-10,15H2,1-2H3. The Labute approximate surface area is 105 Å². The minimum atomic E-state index is -0.684. The van der Waals surface area contributed by atoms with Crippen molar-refractivity contribution in [1.29, 1.82) is 0 Å². The van der Waals surface area contributed by atoms with Crippen LogP contribution in [0.3, 0.4) is 0 Å². The summed E-state index contributed by atoms with van der Waals surface area (Å²) >= 11 is 0. The second-order valence-corrected chi connectivity index (χ2v) is 6.30. The van der Waals surface area contributed by atoms with Crippen LogP contribution >= 0.6 is 0 Å². The first-order valence-electron chi connectivity index (χ1n) is 6.99. The molecule has 2 rings (SSSR count). The Morgan fingerprint density at radius 1 is 1.29 bits per heavy atom. The molecular weight excluding hydrogens is 214 g/mol. The number of aliphatic hydroxyl groups is 1. The number of ether oxygens (including phenoxy) is 1. The van der Waals surface area contributed by atoms with Gasteiger partial charge in [-0.25, -0.2) is 0 Å². The summed E-state index contributed by atoms with van der Waals surface area (Å²) in [4.78, 5) is 0. The van der Waals surface area contributed by atoms with Crippen LogP contribution in [0.15, 0.2) is 0 Å². The highest BCUT2D eigenvalue weighted by Gasteiger charge is 2.57. The average Bonchev–Trinajstić information content (AvgIpc) is 3.14. The molecule has 2 fully saturated rings. The Kier molecular flexibility index (Phi) is 3.81. The Balaban J connectivity index is 2.18. The van der Waals surface area contributed by atoms with Gasteiger partial charge in [-0.3, -0.25) is 0 Å². The molecule has 2 saturated carbocycles. The molecule has 3 N–H and O–H groups in total. The van der Waals surface area contributed by atoms with Gasteiger partial charge in [0.2, 0.25) is 0 Å². The molecule has 0 bridgehead atoms. The molecule has 17 heavy (non-hydrogen) atoms. The molecule has 2 aliphatic carbocycles. The zero-order valence-corrected chi connectivity index (χ0v) is 11.2. The van der Waals surface area contributed by atoms with Gasteiger partial charge in [0.15, 0.2) is 0 Å². The molecule has 0 radical (unpaired) electrons. The molecular formula is C14H27NO2. The number of hydrogen-bond donors (Lipinski definition) is 2. The molecule has 0 heterocycles. The van der Waals surface area contributed by atoms with Gasteiger partial charge in [0.05, 0.1) is 12.2 Å². The van der Waals surface area contributed by atoms with Crippen molar-refractivity contribution in [3.63, 3.8) is 0 Å². The largest absolute Gasteiger partial charge is 0.387 e. The third-order valence-electron chi connectivity index (χ3n) is 5.16. The van der Waals surface area contributed by atoms with Crippen LogP contribution in [0, 0.1) is 17.3 Å². The van der Waals surface area contributed by atoms with E-state index in [2.05, 4.69) is 6.92 Å². The van der Waals surface area contributed by atoms with Gasteiger partial charge < -0.3 is 15.6 Å². The lowest BCUT2D eigenvalue weighted by Crippen LogP contribution is -2.58. The molecule has 0 aromatic heterocycles. The van der Waals surface area contributed by atoms with Crippen molar-refractivity contribution in [2.45, 2.75) is 51.0 Å². The van der Waals surface area contributed by atoms with Crippen LogP contribution in [0.5, 0.6) is 0 Å². The van der Waals surface area contributed by atoms with Crippen molar-refractivity contribution in [3.8, 4) is 0 Å². The number of hydrogen-bond acceptors (Lipinski definition) is 3. The smallest absolute Gasteiger partial charge is 0.0975 e. The topological polar surface area (TPSA) is 55.5 Å². The number of nitrogens with two attached hydrogens (primary N) is 1. The zero-order valence-electron chi connectivity index (χ0n) is 11.2. The van der Waals surface area contributed by atoms with Crippen LogP contribution in [0.2, 0.25) is 0 Å². The molecule has 0 aromatic carbocycles. The third kappa shape index (κ3) is 2.25. The van der Waals surface area contributed by atoms with Gasteiger partial charge in [0, 0.05) is 19.1 Å². The summed E-state index contributed by atoms with van der Waals surface area (Å²) in [5.74, 6) is 1.19. The van der Waals surface area contributed by atoms with Gasteiger partial charge >= 0.3 is 0 Å². The van der Waals surface area contributed by atoms with Crippen molar-refractivity contribution < 1.29 is 9.84 Å². The van der Waals surface area contributed by atoms with E-state index in [4.69, 9.17) is 10.5 Å². The predicted octanol–water partition coefficient (Wildman–Crippen LogP) is 1.93. The Morgan fingerprint density at radius 2 is 1.88 bits per heavy atom.